The van der Waals surface area contributed by atoms with E-state index in [-0.39, 0.29) is 11.4 Å². The maximum atomic E-state index is 11.2. The van der Waals surface area contributed by atoms with E-state index in [9.17, 15) is 4.79 Å². The average molecular weight is 334 g/mol. The van der Waals surface area contributed by atoms with E-state index in [1.807, 2.05) is 12.1 Å². The van der Waals surface area contributed by atoms with Crippen molar-refractivity contribution in [2.45, 2.75) is 25.2 Å². The van der Waals surface area contributed by atoms with Crippen LogP contribution in [0.2, 0.25) is 0 Å². The Morgan fingerprint density at radius 3 is 1.80 bits per heavy atom. The maximum absolute atomic E-state index is 11.2. The molecule has 0 aromatic heterocycles. The lowest BCUT2D eigenvalue weighted by Gasteiger charge is -2.42. The van der Waals surface area contributed by atoms with Gasteiger partial charge in [0.25, 0.3) is 0 Å². The molecule has 3 nitrogen and oxygen atoms in total. The first-order valence-corrected chi connectivity index (χ1v) is 9.06. The number of esters is 1. The van der Waals surface area contributed by atoms with Gasteiger partial charge in [-0.05, 0) is 71.9 Å². The highest BCUT2D eigenvalue weighted by molar-refractivity contribution is 5.69. The van der Waals surface area contributed by atoms with Gasteiger partial charge in [0.05, 0.1) is 7.11 Å². The first-order chi connectivity index (χ1) is 12.1. The predicted molar refractivity (Wildman–Crippen MR) is 94.7 cm³/mol. The van der Waals surface area contributed by atoms with Crippen molar-refractivity contribution in [1.29, 1.82) is 0 Å². The summed E-state index contributed by atoms with van der Waals surface area (Å²) in [5.41, 5.74) is 2.80. The number of carbonyl (C=O) groups is 1. The van der Waals surface area contributed by atoms with Crippen molar-refractivity contribution in [3.05, 3.63) is 59.7 Å². The number of hydrogen-bond acceptors (Lipinski definition) is 3. The number of fused-ring (bicyclic) bond motifs is 2. The van der Waals surface area contributed by atoms with Crippen LogP contribution in [0.15, 0.2) is 48.5 Å². The second kappa shape index (κ2) is 5.10. The van der Waals surface area contributed by atoms with Crippen LogP contribution in [0.25, 0.3) is 0 Å². The Labute approximate surface area is 148 Å². The molecule has 25 heavy (non-hydrogen) atoms. The Hall–Kier alpha value is -2.29. The van der Waals surface area contributed by atoms with Gasteiger partial charge in [0, 0.05) is 12.3 Å². The number of carbonyl (C=O) groups excluding carboxylic acids is 1. The van der Waals surface area contributed by atoms with Crippen molar-refractivity contribution in [3.8, 4) is 11.5 Å². The largest absolute Gasteiger partial charge is 0.497 e. The van der Waals surface area contributed by atoms with Gasteiger partial charge >= 0.3 is 5.97 Å². The van der Waals surface area contributed by atoms with E-state index in [1.54, 1.807) is 7.11 Å². The van der Waals surface area contributed by atoms with Crippen LogP contribution in [0.4, 0.5) is 0 Å². The summed E-state index contributed by atoms with van der Waals surface area (Å²) in [5, 5.41) is 0. The molecule has 2 bridgehead atoms. The topological polar surface area (TPSA) is 35.5 Å². The fourth-order valence-corrected chi connectivity index (χ4v) is 5.33. The van der Waals surface area contributed by atoms with Crippen molar-refractivity contribution in [2.24, 2.45) is 23.7 Å². The van der Waals surface area contributed by atoms with Crippen LogP contribution in [0, 0.1) is 23.7 Å². The fraction of sp³-hybridized carbons (Fsp3) is 0.409. The molecule has 4 aliphatic rings. The van der Waals surface area contributed by atoms with Crippen LogP contribution in [-0.4, -0.2) is 13.1 Å². The van der Waals surface area contributed by atoms with E-state index in [0.717, 1.165) is 29.4 Å². The van der Waals surface area contributed by atoms with Crippen LogP contribution < -0.4 is 9.47 Å². The molecular weight excluding hydrogens is 312 g/mol. The molecule has 128 valence electrons. The monoisotopic (exact) mass is 334 g/mol. The number of ether oxygens (including phenoxy) is 2. The molecule has 0 atom stereocenters. The summed E-state index contributed by atoms with van der Waals surface area (Å²) < 4.78 is 10.5. The minimum atomic E-state index is -0.278. The van der Waals surface area contributed by atoms with Gasteiger partial charge in [0.15, 0.2) is 0 Å². The van der Waals surface area contributed by atoms with Crippen molar-refractivity contribution in [2.75, 3.05) is 7.11 Å². The van der Waals surface area contributed by atoms with E-state index < -0.39 is 0 Å². The third kappa shape index (κ3) is 2.21. The van der Waals surface area contributed by atoms with Crippen LogP contribution in [0.3, 0.4) is 0 Å². The lowest BCUT2D eigenvalue weighted by molar-refractivity contribution is -0.131. The van der Waals surface area contributed by atoms with Gasteiger partial charge in [0.1, 0.15) is 11.5 Å². The molecule has 0 aliphatic heterocycles. The average Bonchev–Trinajstić information content (AvgIpc) is 3.54. The van der Waals surface area contributed by atoms with Crippen molar-refractivity contribution in [1.82, 2.24) is 0 Å². The van der Waals surface area contributed by atoms with E-state index in [4.69, 9.17) is 9.47 Å². The van der Waals surface area contributed by atoms with Gasteiger partial charge in [-0.2, -0.15) is 0 Å². The molecule has 4 saturated carbocycles. The molecule has 0 radical (unpaired) electrons. The summed E-state index contributed by atoms with van der Waals surface area (Å²) in [5.74, 6) is 5.10. The van der Waals surface area contributed by atoms with Crippen LogP contribution in [0.1, 0.15) is 30.9 Å². The minimum Gasteiger partial charge on any atom is -0.497 e. The van der Waals surface area contributed by atoms with E-state index in [0.29, 0.717) is 5.75 Å². The number of methoxy groups -OCH3 is 1. The SMILES string of the molecule is COc1ccc(C2(c3ccc(OC(C)=O)cc3)CC3C4C(C2)C34)cc1. The molecule has 6 rings (SSSR count). The molecule has 0 N–H and O–H groups in total. The van der Waals surface area contributed by atoms with Gasteiger partial charge in [-0.1, -0.05) is 24.3 Å². The molecule has 2 aromatic rings. The van der Waals surface area contributed by atoms with Gasteiger partial charge in [-0.25, -0.2) is 0 Å². The van der Waals surface area contributed by atoms with Crippen molar-refractivity contribution < 1.29 is 14.3 Å². The Balaban J connectivity index is 1.52. The van der Waals surface area contributed by atoms with Gasteiger partial charge in [-0.3, -0.25) is 4.79 Å². The molecule has 2 aromatic carbocycles. The second-order valence-corrected chi connectivity index (χ2v) is 7.82. The van der Waals surface area contributed by atoms with Crippen LogP contribution >= 0.6 is 0 Å². The third-order valence-corrected chi connectivity index (χ3v) is 6.62. The van der Waals surface area contributed by atoms with Crippen LogP contribution in [0.5, 0.6) is 11.5 Å². The standard InChI is InChI=1S/C22H22O3/c1-13(23)25-17-9-5-15(6-10-17)22(11-18-20-19(12-22)21(18)20)14-3-7-16(24-2)8-4-14/h3-10,18-21H,11-12H2,1-2H3. The highest BCUT2D eigenvalue weighted by Gasteiger charge is 2.77. The van der Waals surface area contributed by atoms with Gasteiger partial charge in [0.2, 0.25) is 0 Å². The van der Waals surface area contributed by atoms with Gasteiger partial charge in [-0.15, -0.1) is 0 Å². The summed E-state index contributed by atoms with van der Waals surface area (Å²) >= 11 is 0. The summed E-state index contributed by atoms with van der Waals surface area (Å²) in [4.78, 5) is 11.2. The van der Waals surface area contributed by atoms with E-state index in [2.05, 4.69) is 36.4 Å². The molecule has 0 heterocycles. The Morgan fingerprint density at radius 2 is 1.36 bits per heavy atom. The first-order valence-electron chi connectivity index (χ1n) is 9.06. The normalized spacial score (nSPS) is 34.0. The highest BCUT2D eigenvalue weighted by Crippen LogP contribution is 2.82. The van der Waals surface area contributed by atoms with Crippen molar-refractivity contribution >= 4 is 5.97 Å². The van der Waals surface area contributed by atoms with Crippen molar-refractivity contribution in [3.63, 3.8) is 0 Å². The maximum Gasteiger partial charge on any atom is 0.308 e. The summed E-state index contributed by atoms with van der Waals surface area (Å²) in [6, 6.07) is 16.7. The van der Waals surface area contributed by atoms with E-state index >= 15 is 0 Å². The molecule has 0 saturated heterocycles. The fourth-order valence-electron chi connectivity index (χ4n) is 5.33. The molecule has 0 spiro atoms. The lowest BCUT2D eigenvalue weighted by atomic mass is 9.61. The second-order valence-electron chi connectivity index (χ2n) is 7.82. The zero-order valence-electron chi connectivity index (χ0n) is 14.6. The zero-order valence-corrected chi connectivity index (χ0v) is 14.6. The van der Waals surface area contributed by atoms with E-state index in [1.165, 1.54) is 30.9 Å². The molecule has 0 unspecified atom stereocenters. The number of rotatable bonds is 4. The molecule has 4 aliphatic carbocycles. The Kier molecular flexibility index (Phi) is 3.06. The predicted octanol–water partition coefficient (Wildman–Crippen LogP) is 4.19. The summed E-state index contributed by atoms with van der Waals surface area (Å²) in [6.07, 6.45) is 2.47. The summed E-state index contributed by atoms with van der Waals surface area (Å²) in [7, 11) is 1.71. The number of hydrogen-bond donors (Lipinski definition) is 0. The Bertz CT molecular complexity index is 797. The molecule has 0 amide bonds. The zero-order chi connectivity index (χ0) is 17.2. The number of benzene rings is 2. The first kappa shape index (κ1) is 15.0. The summed E-state index contributed by atoms with van der Waals surface area (Å²) in [6.45, 7) is 1.43. The smallest absolute Gasteiger partial charge is 0.308 e. The molecule has 3 heteroatoms. The lowest BCUT2D eigenvalue weighted by Crippen LogP contribution is -2.36. The minimum absolute atomic E-state index is 0.0832. The molecule has 4 fully saturated rings. The van der Waals surface area contributed by atoms with Gasteiger partial charge < -0.3 is 9.47 Å². The Morgan fingerprint density at radius 1 is 0.880 bits per heavy atom. The quantitative estimate of drug-likeness (QED) is 0.621. The third-order valence-electron chi connectivity index (χ3n) is 6.62. The highest BCUT2D eigenvalue weighted by atomic mass is 16.5. The molecular formula is C22H22O3. The van der Waals surface area contributed by atoms with Crippen LogP contribution in [-0.2, 0) is 10.2 Å².